The van der Waals surface area contributed by atoms with Crippen molar-refractivity contribution in [2.24, 2.45) is 0 Å². The Bertz CT molecular complexity index is 3720. The number of carboxylic acids is 3. The predicted molar refractivity (Wildman–Crippen MR) is 256 cm³/mol. The zero-order valence-corrected chi connectivity index (χ0v) is 37.0. The van der Waals surface area contributed by atoms with Gasteiger partial charge in [0.15, 0.2) is 5.43 Å². The molecule has 0 atom stereocenters. The minimum atomic E-state index is -1.44. The zero-order valence-electron chi connectivity index (χ0n) is 35.5. The molecule has 6 aromatic carbocycles. The molecule has 0 aromatic heterocycles. The van der Waals surface area contributed by atoms with Crippen LogP contribution >= 0.6 is 23.2 Å². The number of rotatable bonds is 11. The molecule has 0 fully saturated rings. The zero-order chi connectivity index (χ0) is 49.0. The fourth-order valence-corrected chi connectivity index (χ4v) is 8.90. The number of hydrogen-bond acceptors (Lipinski definition) is 10. The van der Waals surface area contributed by atoms with Gasteiger partial charge in [-0.2, -0.15) is 0 Å². The van der Waals surface area contributed by atoms with E-state index in [1.54, 1.807) is 48.5 Å². The van der Waals surface area contributed by atoms with E-state index < -0.39 is 40.7 Å². The minimum absolute atomic E-state index is 0.00219. The summed E-state index contributed by atoms with van der Waals surface area (Å²) in [6.07, 6.45) is 0. The third-order valence-electron chi connectivity index (χ3n) is 11.5. The van der Waals surface area contributed by atoms with E-state index in [4.69, 9.17) is 38.1 Å². The van der Waals surface area contributed by atoms with Gasteiger partial charge < -0.3 is 45.9 Å². The lowest BCUT2D eigenvalue weighted by Crippen LogP contribution is -2.27. The van der Waals surface area contributed by atoms with Crippen molar-refractivity contribution in [1.29, 1.82) is 0 Å². The number of carbonyl (C=O) groups is 5. The largest absolute Gasteiger partial charge is 0.508 e. The van der Waals surface area contributed by atoms with E-state index in [2.05, 4.69) is 17.2 Å². The highest BCUT2D eigenvalue weighted by Gasteiger charge is 2.31. The molecule has 2 aliphatic heterocycles. The van der Waals surface area contributed by atoms with Crippen LogP contribution in [0.15, 0.2) is 124 Å². The molecule has 2 amide bonds. The van der Waals surface area contributed by atoms with E-state index in [9.17, 15) is 49.2 Å². The maximum Gasteiger partial charge on any atom is 0.337 e. The fraction of sp³-hybridized carbons (Fsp3) is 0.0385. The average molecular weight is 963 g/mol. The molecular formula is C52H33Cl2N3O12. The van der Waals surface area contributed by atoms with E-state index in [-0.39, 0.29) is 90.3 Å². The van der Waals surface area contributed by atoms with Crippen molar-refractivity contribution in [2.75, 3.05) is 5.73 Å². The van der Waals surface area contributed by atoms with Gasteiger partial charge in [-0.1, -0.05) is 60.1 Å². The number of nitrogens with one attached hydrogen (secondary N) is 2. The normalized spacial score (nSPS) is 11.7. The number of nitrogen functional groups attached to an aromatic ring is 1. The summed E-state index contributed by atoms with van der Waals surface area (Å²) in [6, 6.07) is 27.9. The van der Waals surface area contributed by atoms with Gasteiger partial charge in [-0.05, 0) is 89.1 Å². The van der Waals surface area contributed by atoms with Gasteiger partial charge in [0, 0.05) is 68.4 Å². The topological polar surface area (TPSA) is 256 Å². The number of phenols is 1. The molecule has 17 heteroatoms. The highest BCUT2D eigenvalue weighted by molar-refractivity contribution is 6.40. The fourth-order valence-electron chi connectivity index (χ4n) is 8.29. The van der Waals surface area contributed by atoms with Crippen LogP contribution < -0.4 is 37.0 Å². The molecule has 0 spiro atoms. The van der Waals surface area contributed by atoms with Gasteiger partial charge in [-0.15, -0.1) is 0 Å². The first-order valence-corrected chi connectivity index (χ1v) is 21.4. The molecule has 6 aromatic rings. The number of halogens is 2. The van der Waals surface area contributed by atoms with Gasteiger partial charge in [0.1, 0.15) is 28.6 Å². The van der Waals surface area contributed by atoms with Crippen molar-refractivity contribution in [3.05, 3.63) is 196 Å². The van der Waals surface area contributed by atoms with E-state index in [1.807, 2.05) is 0 Å². The molecule has 0 unspecified atom stereocenters. The van der Waals surface area contributed by atoms with E-state index in [0.29, 0.717) is 49.7 Å². The van der Waals surface area contributed by atoms with E-state index >= 15 is 0 Å². The Labute approximate surface area is 398 Å². The van der Waals surface area contributed by atoms with Gasteiger partial charge in [-0.25, -0.2) is 14.4 Å². The van der Waals surface area contributed by atoms with Gasteiger partial charge in [0.25, 0.3) is 11.8 Å². The summed E-state index contributed by atoms with van der Waals surface area (Å²) in [4.78, 5) is 77.7. The Morgan fingerprint density at radius 3 is 2.09 bits per heavy atom. The molecule has 0 bridgehead atoms. The molecule has 0 radical (unpaired) electrons. The van der Waals surface area contributed by atoms with Crippen molar-refractivity contribution in [3.8, 4) is 39.7 Å². The van der Waals surface area contributed by atoms with Crippen molar-refractivity contribution in [3.63, 3.8) is 0 Å². The molecule has 3 aliphatic rings. The summed E-state index contributed by atoms with van der Waals surface area (Å²) < 4.78 is 12.3. The predicted octanol–water partition coefficient (Wildman–Crippen LogP) is 7.88. The molecule has 0 saturated heterocycles. The first-order chi connectivity index (χ1) is 33.0. The second-order valence-electron chi connectivity index (χ2n) is 15.8. The molecular weight excluding hydrogens is 929 g/mol. The highest BCUT2D eigenvalue weighted by atomic mass is 35.5. The number of anilines is 1. The molecule has 342 valence electrons. The van der Waals surface area contributed by atoms with Crippen LogP contribution in [0.4, 0.5) is 5.69 Å². The van der Waals surface area contributed by atoms with Crippen LogP contribution in [-0.2, 0) is 13.1 Å². The lowest BCUT2D eigenvalue weighted by molar-refractivity contribution is 0.0682. The molecule has 9 rings (SSSR count). The number of phenolic OH excluding ortho intramolecular Hbond substituents is 1. The minimum Gasteiger partial charge on any atom is -0.508 e. The number of fused-ring (bicyclic) bond motifs is 4. The summed E-state index contributed by atoms with van der Waals surface area (Å²) in [5.41, 5.74) is 7.15. The lowest BCUT2D eigenvalue weighted by atomic mass is 9.88. The Hall–Kier alpha value is -8.92. The number of carbonyl (C=O) groups excluding carboxylic acids is 2. The maximum absolute atomic E-state index is 13.7. The van der Waals surface area contributed by atoms with Crippen molar-refractivity contribution in [1.82, 2.24) is 10.6 Å². The third kappa shape index (κ3) is 8.32. The number of aromatic hydroxyl groups is 1. The van der Waals surface area contributed by atoms with Crippen molar-refractivity contribution in [2.45, 2.75) is 13.1 Å². The van der Waals surface area contributed by atoms with Crippen LogP contribution in [0.3, 0.4) is 0 Å². The summed E-state index contributed by atoms with van der Waals surface area (Å²) in [5.74, 6) is -4.97. The second-order valence-corrected chi connectivity index (χ2v) is 16.6. The van der Waals surface area contributed by atoms with Gasteiger partial charge in [-0.3, -0.25) is 14.4 Å². The second kappa shape index (κ2) is 17.7. The van der Waals surface area contributed by atoms with Gasteiger partial charge >= 0.3 is 17.9 Å². The highest BCUT2D eigenvalue weighted by Crippen LogP contribution is 2.45. The lowest BCUT2D eigenvalue weighted by Gasteiger charge is -2.24. The Kier molecular flexibility index (Phi) is 11.6. The van der Waals surface area contributed by atoms with Crippen LogP contribution in [0.1, 0.15) is 74.0 Å². The molecule has 15 nitrogen and oxygen atoms in total. The molecule has 1 aliphatic carbocycles. The van der Waals surface area contributed by atoms with E-state index in [0.717, 1.165) is 6.07 Å². The average Bonchev–Trinajstić information content (AvgIpc) is 3.31. The monoisotopic (exact) mass is 961 g/mol. The van der Waals surface area contributed by atoms with Gasteiger partial charge in [0.05, 0.1) is 44.4 Å². The van der Waals surface area contributed by atoms with Crippen LogP contribution in [0.25, 0.3) is 45.6 Å². The Balaban J connectivity index is 0.954. The smallest absolute Gasteiger partial charge is 0.337 e. The Morgan fingerprint density at radius 1 is 0.652 bits per heavy atom. The number of ether oxygens (including phenoxy) is 1. The first kappa shape index (κ1) is 45.2. The maximum atomic E-state index is 13.7. The molecule has 8 N–H and O–H groups in total. The summed E-state index contributed by atoms with van der Waals surface area (Å²) in [6.45, 7) is 3.54. The number of carboxylic acid groups (broad SMARTS) is 3. The van der Waals surface area contributed by atoms with Crippen LogP contribution in [0, 0.1) is 0 Å². The number of amides is 2. The standard InChI is InChI=1S/C52H33Cl2N3O12/c1-23-2-10-31-39(16-23)68-40-18-27(55)8-12-32(40)43(31)44-37(53)20-35(46(54)45(44)52(66)67)49(61)56-21-24-3-5-25(6-4-24)48(60)57-22-36-38(59)15-14-33-42(30-13-9-28(58)19-41(30)69-47(33)36)29-11-7-26(50(62)63)17-34(29)51(64)65/h2-20,58H,1,21-22,55H2,(H,56,61)(H,57,60)(H,62,63)(H,64,65)(H,66,67). The summed E-state index contributed by atoms with van der Waals surface area (Å²) in [7, 11) is 0. The molecule has 0 saturated carbocycles. The van der Waals surface area contributed by atoms with Crippen molar-refractivity contribution < 1.29 is 53.6 Å². The SMILES string of the molecule is C=c1ccc2c(c1)Oc1cc(N)ccc1C=2c1c(Cl)cc(C(=O)NCc2ccc(C(=O)NCc3c4oc5cc(O)ccc5c(-c5ccc(C(=O)O)cc5C(=O)O)c-4ccc3=O)cc2)c(Cl)c1C(=O)O. The van der Waals surface area contributed by atoms with Crippen molar-refractivity contribution >= 4 is 81.7 Å². The van der Waals surface area contributed by atoms with Crippen LogP contribution in [0.5, 0.6) is 17.2 Å². The number of nitrogens with two attached hydrogens (primary N) is 1. The molecule has 2 heterocycles. The summed E-state index contributed by atoms with van der Waals surface area (Å²) in [5, 5.41) is 47.1. The van der Waals surface area contributed by atoms with Gasteiger partial charge in [0.2, 0.25) is 0 Å². The van der Waals surface area contributed by atoms with Crippen LogP contribution in [0.2, 0.25) is 10.0 Å². The number of benzene rings is 7. The quantitative estimate of drug-likeness (QED) is 0.0482. The number of hydrogen-bond donors (Lipinski definition) is 7. The summed E-state index contributed by atoms with van der Waals surface area (Å²) >= 11 is 13.6. The molecule has 69 heavy (non-hydrogen) atoms. The van der Waals surface area contributed by atoms with Crippen LogP contribution in [-0.4, -0.2) is 50.1 Å². The first-order valence-electron chi connectivity index (χ1n) is 20.6. The van der Waals surface area contributed by atoms with E-state index in [1.165, 1.54) is 60.7 Å². The number of aromatic carboxylic acids is 3. The Morgan fingerprint density at radius 2 is 1.36 bits per heavy atom. The third-order valence-corrected chi connectivity index (χ3v) is 12.2.